The van der Waals surface area contributed by atoms with Gasteiger partial charge in [-0.3, -0.25) is 0 Å². The molecular weight excluding hydrogens is 450 g/mol. The normalized spacial score (nSPS) is 13.8. The quantitative estimate of drug-likeness (QED) is 0.270. The Bertz CT molecular complexity index is 1790. The van der Waals surface area contributed by atoms with Crippen LogP contribution in [0.3, 0.4) is 0 Å². The van der Waals surface area contributed by atoms with Crippen LogP contribution in [0.4, 0.5) is 11.4 Å². The lowest BCUT2D eigenvalue weighted by molar-refractivity contribution is 0.439. The van der Waals surface area contributed by atoms with E-state index < -0.39 is 5.41 Å². The largest absolute Gasteiger partial charge is 0.454 e. The third kappa shape index (κ3) is 2.70. The van der Waals surface area contributed by atoms with E-state index in [1.165, 1.54) is 38.8 Å². The fourth-order valence-corrected chi connectivity index (χ4v) is 6.44. The van der Waals surface area contributed by atoms with E-state index in [2.05, 4.69) is 133 Å². The van der Waals surface area contributed by atoms with Crippen molar-refractivity contribution in [2.75, 3.05) is 5.32 Å². The Morgan fingerprint density at radius 3 is 1.86 bits per heavy atom. The highest BCUT2D eigenvalue weighted by atomic mass is 16.5. The zero-order valence-corrected chi connectivity index (χ0v) is 20.1. The summed E-state index contributed by atoms with van der Waals surface area (Å²) in [5.74, 6) is 1.78. The number of anilines is 2. The first kappa shape index (κ1) is 20.4. The topological polar surface area (TPSA) is 21.3 Å². The summed E-state index contributed by atoms with van der Waals surface area (Å²) in [6, 6.07) is 47.5. The van der Waals surface area contributed by atoms with E-state index in [1.807, 2.05) is 6.07 Å². The van der Waals surface area contributed by atoms with Crippen molar-refractivity contribution in [1.29, 1.82) is 0 Å². The van der Waals surface area contributed by atoms with Crippen LogP contribution in [0.1, 0.15) is 22.3 Å². The number of benzene rings is 6. The molecule has 1 heterocycles. The fraction of sp³-hybridized carbons (Fsp3) is 0.0286. The van der Waals surface area contributed by atoms with Gasteiger partial charge in [0.15, 0.2) is 5.75 Å². The van der Waals surface area contributed by atoms with Gasteiger partial charge >= 0.3 is 0 Å². The minimum Gasteiger partial charge on any atom is -0.454 e. The van der Waals surface area contributed by atoms with Crippen molar-refractivity contribution in [3.63, 3.8) is 0 Å². The van der Waals surface area contributed by atoms with Crippen molar-refractivity contribution in [2.24, 2.45) is 0 Å². The number of fused-ring (bicyclic) bond motifs is 10. The van der Waals surface area contributed by atoms with Gasteiger partial charge in [-0.25, -0.2) is 0 Å². The Morgan fingerprint density at radius 2 is 1.11 bits per heavy atom. The number of hydrogen-bond acceptors (Lipinski definition) is 2. The molecule has 6 aromatic rings. The van der Waals surface area contributed by atoms with Gasteiger partial charge < -0.3 is 10.1 Å². The van der Waals surface area contributed by atoms with E-state index in [4.69, 9.17) is 4.74 Å². The Labute approximate surface area is 215 Å². The maximum absolute atomic E-state index is 6.84. The number of ether oxygens (including phenoxy) is 1. The summed E-state index contributed by atoms with van der Waals surface area (Å²) in [4.78, 5) is 0. The maximum atomic E-state index is 6.84. The highest BCUT2D eigenvalue weighted by Gasteiger charge is 2.51. The van der Waals surface area contributed by atoms with Crippen LogP contribution in [-0.4, -0.2) is 0 Å². The van der Waals surface area contributed by atoms with Gasteiger partial charge in [-0.05, 0) is 51.9 Å². The smallest absolute Gasteiger partial charge is 0.156 e. The average molecular weight is 474 g/mol. The molecule has 0 unspecified atom stereocenters. The second-order valence-electron chi connectivity index (χ2n) is 9.78. The molecule has 0 aromatic heterocycles. The van der Waals surface area contributed by atoms with Gasteiger partial charge in [0.1, 0.15) is 5.75 Å². The second-order valence-corrected chi connectivity index (χ2v) is 9.78. The molecule has 2 nitrogen and oxygen atoms in total. The molecule has 37 heavy (non-hydrogen) atoms. The van der Waals surface area contributed by atoms with Gasteiger partial charge in [-0.1, -0.05) is 109 Å². The van der Waals surface area contributed by atoms with E-state index in [0.29, 0.717) is 0 Å². The van der Waals surface area contributed by atoms with Crippen molar-refractivity contribution in [3.8, 4) is 22.6 Å². The first-order chi connectivity index (χ1) is 18.4. The van der Waals surface area contributed by atoms with Crippen LogP contribution >= 0.6 is 0 Å². The lowest BCUT2D eigenvalue weighted by Gasteiger charge is -2.40. The van der Waals surface area contributed by atoms with Crippen LogP contribution in [0, 0.1) is 0 Å². The summed E-state index contributed by atoms with van der Waals surface area (Å²) in [5.41, 5.74) is 9.07. The third-order valence-electron chi connectivity index (χ3n) is 7.90. The summed E-state index contributed by atoms with van der Waals surface area (Å²) < 4.78 is 6.84. The molecule has 0 atom stereocenters. The van der Waals surface area contributed by atoms with Crippen LogP contribution in [0.15, 0.2) is 133 Å². The second kappa shape index (κ2) is 7.59. The predicted molar refractivity (Wildman–Crippen MR) is 151 cm³/mol. The van der Waals surface area contributed by atoms with Gasteiger partial charge in [0.25, 0.3) is 0 Å². The first-order valence-corrected chi connectivity index (χ1v) is 12.7. The van der Waals surface area contributed by atoms with E-state index in [0.717, 1.165) is 28.3 Å². The van der Waals surface area contributed by atoms with Crippen LogP contribution in [0.5, 0.6) is 11.5 Å². The van der Waals surface area contributed by atoms with E-state index in [9.17, 15) is 0 Å². The lowest BCUT2D eigenvalue weighted by Crippen LogP contribution is -2.32. The monoisotopic (exact) mass is 473 g/mol. The van der Waals surface area contributed by atoms with Gasteiger partial charge in [0, 0.05) is 22.2 Å². The lowest BCUT2D eigenvalue weighted by atomic mass is 9.65. The summed E-state index contributed by atoms with van der Waals surface area (Å²) in [5, 5.41) is 6.06. The molecule has 1 aliphatic carbocycles. The van der Waals surface area contributed by atoms with Crippen molar-refractivity contribution < 1.29 is 4.74 Å². The van der Waals surface area contributed by atoms with Crippen LogP contribution in [-0.2, 0) is 5.41 Å². The summed E-state index contributed by atoms with van der Waals surface area (Å²) in [7, 11) is 0. The van der Waals surface area contributed by atoms with Gasteiger partial charge in [-0.15, -0.1) is 0 Å². The molecule has 174 valence electrons. The van der Waals surface area contributed by atoms with Crippen molar-refractivity contribution >= 4 is 22.1 Å². The highest BCUT2D eigenvalue weighted by Crippen LogP contribution is 2.63. The first-order valence-electron chi connectivity index (χ1n) is 12.7. The average Bonchev–Trinajstić information content (AvgIpc) is 3.25. The molecule has 0 amide bonds. The number of hydrogen-bond donors (Lipinski definition) is 1. The van der Waals surface area contributed by atoms with Crippen molar-refractivity contribution in [2.45, 2.75) is 5.41 Å². The molecule has 1 N–H and O–H groups in total. The van der Waals surface area contributed by atoms with E-state index in [1.54, 1.807) is 0 Å². The van der Waals surface area contributed by atoms with Crippen LogP contribution < -0.4 is 10.1 Å². The van der Waals surface area contributed by atoms with Crippen molar-refractivity contribution in [1.82, 2.24) is 0 Å². The molecule has 1 spiro atoms. The zero-order valence-electron chi connectivity index (χ0n) is 20.1. The van der Waals surface area contributed by atoms with Crippen LogP contribution in [0.25, 0.3) is 21.9 Å². The van der Waals surface area contributed by atoms with Gasteiger partial charge in [0.05, 0.1) is 11.1 Å². The van der Waals surface area contributed by atoms with Gasteiger partial charge in [0.2, 0.25) is 0 Å². The SMILES string of the molecule is c1ccc(Nc2c3c(cc4ccccc24)C2(c4ccccc4O3)c3ccccc3-c3ccccc32)cc1. The molecule has 8 rings (SSSR count). The summed E-state index contributed by atoms with van der Waals surface area (Å²) >= 11 is 0. The standard InChI is InChI=1S/C35H23NO/c1-2-13-24(14-3-1)36-33-25-15-5-4-12-23(25)22-31-34(33)37-32-21-11-10-20-30(32)35(31)28-18-8-6-16-26(28)27-17-7-9-19-29(27)35/h1-22,36H. The summed E-state index contributed by atoms with van der Waals surface area (Å²) in [6.45, 7) is 0. The third-order valence-corrected chi connectivity index (χ3v) is 7.90. The van der Waals surface area contributed by atoms with Crippen molar-refractivity contribution in [3.05, 3.63) is 156 Å². The molecule has 2 heteroatoms. The zero-order chi connectivity index (χ0) is 24.4. The van der Waals surface area contributed by atoms with E-state index >= 15 is 0 Å². The Kier molecular flexibility index (Phi) is 4.18. The molecule has 0 fully saturated rings. The molecule has 0 radical (unpaired) electrons. The Balaban J connectivity index is 1.55. The minimum atomic E-state index is -0.478. The Hall–Kier alpha value is -4.82. The number of nitrogens with one attached hydrogen (secondary N) is 1. The highest BCUT2D eigenvalue weighted by molar-refractivity contribution is 6.02. The molecule has 1 aliphatic heterocycles. The molecule has 0 saturated heterocycles. The molecule has 2 aliphatic rings. The van der Waals surface area contributed by atoms with E-state index in [-0.39, 0.29) is 0 Å². The molecular formula is C35H23NO. The predicted octanol–water partition coefficient (Wildman–Crippen LogP) is 9.05. The molecule has 6 aromatic carbocycles. The Morgan fingerprint density at radius 1 is 0.514 bits per heavy atom. The number of rotatable bonds is 2. The summed E-state index contributed by atoms with van der Waals surface area (Å²) in [6.07, 6.45) is 0. The minimum absolute atomic E-state index is 0.478. The maximum Gasteiger partial charge on any atom is 0.156 e. The number of para-hydroxylation sites is 2. The molecule has 0 bridgehead atoms. The van der Waals surface area contributed by atoms with Crippen LogP contribution in [0.2, 0.25) is 0 Å². The van der Waals surface area contributed by atoms with Gasteiger partial charge in [-0.2, -0.15) is 0 Å². The molecule has 0 saturated carbocycles. The fourth-order valence-electron chi connectivity index (χ4n) is 6.44.